The molecule has 16 heavy (non-hydrogen) atoms. The van der Waals surface area contributed by atoms with Crippen molar-refractivity contribution in [3.05, 3.63) is 33.7 Å². The van der Waals surface area contributed by atoms with Crippen LogP contribution in [0.25, 0.3) is 0 Å². The molecule has 1 aromatic heterocycles. The Labute approximate surface area is 133 Å². The molecule has 0 unspecified atom stereocenters. The number of rotatable bonds is 2. The van der Waals surface area contributed by atoms with Gasteiger partial charge in [0.2, 0.25) is 5.56 Å². The summed E-state index contributed by atoms with van der Waals surface area (Å²) in [5.74, 6) is 0. The van der Waals surface area contributed by atoms with E-state index in [-0.39, 0.29) is 62.6 Å². The Balaban J connectivity index is 0.00000225. The molecule has 0 aliphatic heterocycles. The van der Waals surface area contributed by atoms with Crippen LogP contribution >= 0.6 is 0 Å². The zero-order chi connectivity index (χ0) is 11.6. The van der Waals surface area contributed by atoms with Crippen LogP contribution in [0.5, 0.6) is 0 Å². The second-order valence-electron chi connectivity index (χ2n) is 3.10. The first kappa shape index (κ1) is 15.9. The molecule has 1 aromatic rings. The molecule has 1 rings (SSSR count). The van der Waals surface area contributed by atoms with E-state index in [1.165, 1.54) is 13.0 Å². The molecule has 1 heterocycles. The quantitative estimate of drug-likeness (QED) is 0.598. The summed E-state index contributed by atoms with van der Waals surface area (Å²) < 4.78 is 37.0. The van der Waals surface area contributed by atoms with Gasteiger partial charge in [-0.15, -0.1) is 0 Å². The zero-order valence-electron chi connectivity index (χ0n) is 8.88. The average Bonchev–Trinajstić information content (AvgIpc) is 2.11. The summed E-state index contributed by atoms with van der Waals surface area (Å²) in [6.07, 6.45) is -1.31. The predicted octanol–water partition coefficient (Wildman–Crippen LogP) is -1.58. The second kappa shape index (κ2) is 6.02. The SMILES string of the molecule is Cc1c(C#N)ccc(=O)n1C[B-](F)(F)F.[K+]. The Kier molecular flexibility index (Phi) is 6.00. The second-order valence-corrected chi connectivity index (χ2v) is 3.10. The van der Waals surface area contributed by atoms with Gasteiger partial charge in [-0.05, 0) is 19.4 Å². The van der Waals surface area contributed by atoms with Gasteiger partial charge in [0.1, 0.15) is 6.07 Å². The van der Waals surface area contributed by atoms with Gasteiger partial charge in [0.15, 0.2) is 0 Å². The van der Waals surface area contributed by atoms with Crippen LogP contribution in [0.2, 0.25) is 0 Å². The molecule has 0 amide bonds. The van der Waals surface area contributed by atoms with Crippen molar-refractivity contribution in [2.45, 2.75) is 13.4 Å². The number of hydrogen-bond donors (Lipinski definition) is 0. The molecule has 3 nitrogen and oxygen atoms in total. The van der Waals surface area contributed by atoms with Crippen LogP contribution in [-0.4, -0.2) is 11.5 Å². The van der Waals surface area contributed by atoms with Crippen molar-refractivity contribution in [3.8, 4) is 6.07 Å². The fourth-order valence-electron chi connectivity index (χ4n) is 1.23. The Morgan fingerprint density at radius 2 is 2.00 bits per heavy atom. The van der Waals surface area contributed by atoms with E-state index < -0.39 is 19.0 Å². The summed E-state index contributed by atoms with van der Waals surface area (Å²) in [6, 6.07) is 3.91. The predicted molar refractivity (Wildman–Crippen MR) is 49.2 cm³/mol. The topological polar surface area (TPSA) is 45.8 Å². The summed E-state index contributed by atoms with van der Waals surface area (Å²) in [4.78, 5) is 11.1. The molecular formula is C8H7BF3KN2O. The molecule has 0 saturated heterocycles. The van der Waals surface area contributed by atoms with E-state index in [0.29, 0.717) is 4.57 Å². The number of hydrogen-bond acceptors (Lipinski definition) is 2. The van der Waals surface area contributed by atoms with Crippen molar-refractivity contribution < 1.29 is 64.3 Å². The molecule has 0 fully saturated rings. The van der Waals surface area contributed by atoms with Crippen LogP contribution in [0, 0.1) is 18.3 Å². The Bertz CT molecular complexity index is 478. The fraction of sp³-hybridized carbons (Fsp3) is 0.250. The van der Waals surface area contributed by atoms with Gasteiger partial charge in [-0.25, -0.2) is 0 Å². The molecule has 0 radical (unpaired) electrons. The Morgan fingerprint density at radius 1 is 1.44 bits per heavy atom. The van der Waals surface area contributed by atoms with Crippen molar-refractivity contribution in [2.24, 2.45) is 0 Å². The molecule has 0 aromatic carbocycles. The van der Waals surface area contributed by atoms with Gasteiger partial charge in [-0.3, -0.25) is 4.79 Å². The summed E-state index contributed by atoms with van der Waals surface area (Å²) in [6.45, 7) is -3.77. The third-order valence-electron chi connectivity index (χ3n) is 1.96. The zero-order valence-corrected chi connectivity index (χ0v) is 12.0. The summed E-state index contributed by atoms with van der Waals surface area (Å²) >= 11 is 0. The van der Waals surface area contributed by atoms with Gasteiger partial charge in [0, 0.05) is 11.8 Å². The monoisotopic (exact) mass is 254 g/mol. The minimum absolute atomic E-state index is 0. The van der Waals surface area contributed by atoms with Crippen LogP contribution in [0.1, 0.15) is 11.3 Å². The maximum absolute atomic E-state index is 12.2. The largest absolute Gasteiger partial charge is 1.00 e. The summed E-state index contributed by atoms with van der Waals surface area (Å²) in [5, 5.41) is 8.59. The van der Waals surface area contributed by atoms with Crippen molar-refractivity contribution in [2.75, 3.05) is 0 Å². The number of halogens is 3. The standard InChI is InChI=1S/C8H7BF3N2O.K/c1-6-7(4-13)2-3-8(15)14(6)5-9(10,11)12;/h2-3H,5H2,1H3;/q-1;+1. The molecule has 80 valence electrons. The number of aromatic nitrogens is 1. The molecule has 0 saturated carbocycles. The molecular weight excluding hydrogens is 247 g/mol. The van der Waals surface area contributed by atoms with Gasteiger partial charge < -0.3 is 17.5 Å². The van der Waals surface area contributed by atoms with Gasteiger partial charge in [-0.1, -0.05) is 0 Å². The smallest absolute Gasteiger partial charge is 0.448 e. The van der Waals surface area contributed by atoms with E-state index in [9.17, 15) is 17.7 Å². The van der Waals surface area contributed by atoms with Crippen LogP contribution in [0.15, 0.2) is 16.9 Å². The Morgan fingerprint density at radius 3 is 2.44 bits per heavy atom. The van der Waals surface area contributed by atoms with Crippen molar-refractivity contribution in [1.82, 2.24) is 4.57 Å². The summed E-state index contributed by atoms with van der Waals surface area (Å²) in [5.41, 5.74) is -0.621. The van der Waals surface area contributed by atoms with E-state index in [2.05, 4.69) is 0 Å². The van der Waals surface area contributed by atoms with Crippen LogP contribution in [0.3, 0.4) is 0 Å². The van der Waals surface area contributed by atoms with Crippen molar-refractivity contribution in [3.63, 3.8) is 0 Å². The average molecular weight is 254 g/mol. The molecule has 0 N–H and O–H groups in total. The third kappa shape index (κ3) is 4.07. The molecule has 0 atom stereocenters. The van der Waals surface area contributed by atoms with E-state index >= 15 is 0 Å². The minimum Gasteiger partial charge on any atom is -0.448 e. The van der Waals surface area contributed by atoms with E-state index in [4.69, 9.17) is 5.26 Å². The van der Waals surface area contributed by atoms with Crippen LogP contribution in [-0.2, 0) is 6.44 Å². The summed E-state index contributed by atoms with van der Waals surface area (Å²) in [7, 11) is 0. The first-order chi connectivity index (χ1) is 6.85. The fourth-order valence-corrected chi connectivity index (χ4v) is 1.23. The maximum Gasteiger partial charge on any atom is 1.00 e. The van der Waals surface area contributed by atoms with E-state index in [1.807, 2.05) is 0 Å². The van der Waals surface area contributed by atoms with E-state index in [0.717, 1.165) is 6.07 Å². The normalized spacial score (nSPS) is 10.4. The minimum atomic E-state index is -5.09. The Hall–Kier alpha value is -0.0687. The van der Waals surface area contributed by atoms with Crippen LogP contribution < -0.4 is 56.9 Å². The molecule has 0 spiro atoms. The molecule has 8 heteroatoms. The van der Waals surface area contributed by atoms with Gasteiger partial charge in [0.25, 0.3) is 0 Å². The van der Waals surface area contributed by atoms with Crippen LogP contribution in [0.4, 0.5) is 12.9 Å². The first-order valence-electron chi connectivity index (χ1n) is 4.16. The number of nitriles is 1. The van der Waals surface area contributed by atoms with E-state index in [1.54, 1.807) is 6.07 Å². The molecule has 0 bridgehead atoms. The van der Waals surface area contributed by atoms with Gasteiger partial charge >= 0.3 is 58.4 Å². The molecule has 0 aliphatic rings. The van der Waals surface area contributed by atoms with Crippen molar-refractivity contribution >= 4 is 6.98 Å². The number of pyridine rings is 1. The molecule has 0 aliphatic carbocycles. The number of nitrogens with zero attached hydrogens (tertiary/aromatic N) is 2. The maximum atomic E-state index is 12.2. The van der Waals surface area contributed by atoms with Gasteiger partial charge in [-0.2, -0.15) is 5.26 Å². The first-order valence-corrected chi connectivity index (χ1v) is 4.16. The third-order valence-corrected chi connectivity index (χ3v) is 1.96. The van der Waals surface area contributed by atoms with Crippen molar-refractivity contribution in [1.29, 1.82) is 5.26 Å². The van der Waals surface area contributed by atoms with Gasteiger partial charge in [0.05, 0.1) is 5.56 Å².